The van der Waals surface area contributed by atoms with Gasteiger partial charge in [0.15, 0.2) is 0 Å². The number of aliphatic hydroxyl groups excluding tert-OH is 1. The molecule has 3 N–H and O–H groups in total. The highest BCUT2D eigenvalue weighted by atomic mass is 31.2. The third-order valence-electron chi connectivity index (χ3n) is 11.4. The zero-order chi connectivity index (χ0) is 43.6. The van der Waals surface area contributed by atoms with Gasteiger partial charge in [-0.25, -0.2) is 4.57 Å². The first-order valence-electron chi connectivity index (χ1n) is 25.2. The summed E-state index contributed by atoms with van der Waals surface area (Å²) in [5, 5.41) is 13.9. The van der Waals surface area contributed by atoms with Gasteiger partial charge in [0, 0.05) is 6.42 Å². The number of unbranched alkanes of at least 4 members (excludes halogenated alkanes) is 31. The third kappa shape index (κ3) is 44.8. The summed E-state index contributed by atoms with van der Waals surface area (Å²) < 4.78 is 23.6. The smallest absolute Gasteiger partial charge is 0.387 e. The van der Waals surface area contributed by atoms with E-state index in [2.05, 4.69) is 31.3 Å². The molecule has 3 atom stereocenters. The third-order valence-corrected chi connectivity index (χ3v) is 12.4. The minimum Gasteiger partial charge on any atom is -0.387 e. The van der Waals surface area contributed by atoms with Crippen molar-refractivity contribution >= 4 is 13.7 Å². The topological polar surface area (TPSA) is 105 Å². The number of quaternary nitrogens is 1. The Labute approximate surface area is 366 Å². The van der Waals surface area contributed by atoms with E-state index in [0.717, 1.165) is 38.5 Å². The van der Waals surface area contributed by atoms with E-state index in [0.29, 0.717) is 17.4 Å². The Morgan fingerprint density at radius 3 is 1.36 bits per heavy atom. The summed E-state index contributed by atoms with van der Waals surface area (Å²) >= 11 is 0. The van der Waals surface area contributed by atoms with Crippen LogP contribution in [0.25, 0.3) is 0 Å². The van der Waals surface area contributed by atoms with Gasteiger partial charge in [0.1, 0.15) is 13.2 Å². The first kappa shape index (κ1) is 58.0. The van der Waals surface area contributed by atoms with Gasteiger partial charge in [0.05, 0.1) is 39.9 Å². The lowest BCUT2D eigenvalue weighted by Gasteiger charge is -2.25. The summed E-state index contributed by atoms with van der Waals surface area (Å²) in [6.45, 7) is 4.82. The lowest BCUT2D eigenvalue weighted by molar-refractivity contribution is -0.870. The number of likely N-dealkylation sites (N-methyl/N-ethyl adjacent to an activating group) is 1. The van der Waals surface area contributed by atoms with Crippen molar-refractivity contribution in [3.63, 3.8) is 0 Å². The number of aliphatic hydroxyl groups is 1. The highest BCUT2D eigenvalue weighted by Gasteiger charge is 2.27. The van der Waals surface area contributed by atoms with Gasteiger partial charge in [-0.1, -0.05) is 224 Å². The number of phosphoric acid groups is 1. The van der Waals surface area contributed by atoms with Crippen LogP contribution in [0.5, 0.6) is 0 Å². The molecule has 0 radical (unpaired) electrons. The number of phosphoric ester groups is 1. The normalized spacial score (nSPS) is 14.4. The summed E-state index contributed by atoms with van der Waals surface area (Å²) in [5.41, 5.74) is 0. The van der Waals surface area contributed by atoms with Crippen LogP contribution in [-0.4, -0.2) is 73.4 Å². The minimum atomic E-state index is -4.35. The van der Waals surface area contributed by atoms with Gasteiger partial charge in [-0.3, -0.25) is 13.8 Å². The monoisotopic (exact) mass is 856 g/mol. The van der Waals surface area contributed by atoms with Crippen molar-refractivity contribution in [1.29, 1.82) is 0 Å². The van der Waals surface area contributed by atoms with E-state index in [-0.39, 0.29) is 19.1 Å². The Morgan fingerprint density at radius 2 is 0.932 bits per heavy atom. The number of carbonyl (C=O) groups excluding carboxylic acids is 1. The van der Waals surface area contributed by atoms with Gasteiger partial charge in [0.25, 0.3) is 0 Å². The quantitative estimate of drug-likeness (QED) is 0.0244. The zero-order valence-electron chi connectivity index (χ0n) is 39.8. The molecule has 9 heteroatoms. The lowest BCUT2D eigenvalue weighted by atomic mass is 10.0. The molecule has 1 amide bonds. The summed E-state index contributed by atoms with van der Waals surface area (Å²) in [4.78, 5) is 23.2. The molecule has 0 saturated carbocycles. The van der Waals surface area contributed by atoms with Crippen LogP contribution in [0, 0.1) is 0 Å². The van der Waals surface area contributed by atoms with Crippen molar-refractivity contribution in [3.8, 4) is 0 Å². The van der Waals surface area contributed by atoms with E-state index >= 15 is 0 Å². The molecule has 0 rings (SSSR count). The van der Waals surface area contributed by atoms with Gasteiger partial charge < -0.3 is 19.8 Å². The molecule has 0 aromatic carbocycles. The first-order chi connectivity index (χ1) is 28.5. The molecule has 3 unspecified atom stereocenters. The van der Waals surface area contributed by atoms with Gasteiger partial charge in [0.2, 0.25) is 5.91 Å². The molecule has 0 aromatic rings. The zero-order valence-corrected chi connectivity index (χ0v) is 40.7. The molecule has 0 saturated heterocycles. The predicted octanol–water partition coefficient (Wildman–Crippen LogP) is 14.5. The number of amides is 1. The number of nitrogens with one attached hydrogen (secondary N) is 1. The SMILES string of the molecule is CCCCCCCCCCCCCCCC/C=C/CC/C=C/C(O)C(COP(=O)(O)OCC[N+](C)(C)C)NC(=O)CCCCCCCCCCCCCCCCCCC. The van der Waals surface area contributed by atoms with E-state index in [4.69, 9.17) is 9.05 Å². The fourth-order valence-electron chi connectivity index (χ4n) is 7.41. The van der Waals surface area contributed by atoms with E-state index in [9.17, 15) is 19.4 Å². The molecule has 0 aliphatic carbocycles. The summed E-state index contributed by atoms with van der Waals surface area (Å²) in [6.07, 6.45) is 51.1. The van der Waals surface area contributed by atoms with Gasteiger partial charge >= 0.3 is 7.82 Å². The van der Waals surface area contributed by atoms with Crippen LogP contribution in [-0.2, 0) is 18.4 Å². The molecule has 8 nitrogen and oxygen atoms in total. The Hall–Kier alpha value is -1.02. The Kier molecular flexibility index (Phi) is 41.6. The van der Waals surface area contributed by atoms with Crippen molar-refractivity contribution in [3.05, 3.63) is 24.3 Å². The molecule has 0 bridgehead atoms. The Balaban J connectivity index is 4.36. The molecule has 0 fully saturated rings. The highest BCUT2D eigenvalue weighted by Crippen LogP contribution is 2.43. The highest BCUT2D eigenvalue weighted by molar-refractivity contribution is 7.47. The van der Waals surface area contributed by atoms with E-state index in [1.54, 1.807) is 6.08 Å². The summed E-state index contributed by atoms with van der Waals surface area (Å²) in [7, 11) is 1.56. The van der Waals surface area contributed by atoms with Gasteiger partial charge in [-0.05, 0) is 32.1 Å². The first-order valence-corrected chi connectivity index (χ1v) is 26.7. The maximum Gasteiger partial charge on any atom is 0.472 e. The second-order valence-corrected chi connectivity index (χ2v) is 20.0. The second-order valence-electron chi connectivity index (χ2n) is 18.5. The minimum absolute atomic E-state index is 0.0585. The number of nitrogens with zero attached hydrogens (tertiary/aromatic N) is 1. The van der Waals surface area contributed by atoms with E-state index in [1.807, 2.05) is 27.2 Å². The molecule has 0 heterocycles. The maximum absolute atomic E-state index is 12.9. The van der Waals surface area contributed by atoms with Crippen LogP contribution >= 0.6 is 7.82 Å². The van der Waals surface area contributed by atoms with Crippen molar-refractivity contribution in [1.82, 2.24) is 5.32 Å². The van der Waals surface area contributed by atoms with Gasteiger partial charge in [-0.2, -0.15) is 0 Å². The predicted molar refractivity (Wildman–Crippen MR) is 254 cm³/mol. The Bertz CT molecular complexity index is 1020. The Morgan fingerprint density at radius 1 is 0.559 bits per heavy atom. The number of carbonyl (C=O) groups is 1. The standard InChI is InChI=1S/C50H99N2O6P/c1-6-8-10-12-14-16-18-20-22-24-25-26-28-29-31-33-35-37-39-41-43-49(53)48(47-58-59(55,56)57-46-45-52(3,4)5)51-50(54)44-42-40-38-36-34-32-30-27-23-21-19-17-15-13-11-9-7-2/h33,35,41,43,48-49,53H,6-32,34,36-40,42,44-47H2,1-5H3,(H-,51,54,55,56)/p+1/b35-33+,43-41+. The molecule has 350 valence electrons. The molecular formula is C50H100N2O6P+. The molecule has 0 aliphatic heterocycles. The summed E-state index contributed by atoms with van der Waals surface area (Å²) in [5.74, 6) is -0.183. The van der Waals surface area contributed by atoms with Gasteiger partial charge in [-0.15, -0.1) is 0 Å². The fraction of sp³-hybridized carbons (Fsp3) is 0.900. The van der Waals surface area contributed by atoms with Crippen LogP contribution in [0.4, 0.5) is 0 Å². The molecule has 0 spiro atoms. The van der Waals surface area contributed by atoms with Crippen molar-refractivity contribution in [2.45, 2.75) is 251 Å². The van der Waals surface area contributed by atoms with Crippen molar-refractivity contribution in [2.75, 3.05) is 40.9 Å². The van der Waals surface area contributed by atoms with Crippen LogP contribution in [0.2, 0.25) is 0 Å². The maximum atomic E-state index is 12.9. The fourth-order valence-corrected chi connectivity index (χ4v) is 8.15. The average Bonchev–Trinajstić information content (AvgIpc) is 3.19. The van der Waals surface area contributed by atoms with E-state index < -0.39 is 20.0 Å². The van der Waals surface area contributed by atoms with Crippen molar-refractivity contribution < 1.29 is 32.9 Å². The molecular weight excluding hydrogens is 756 g/mol. The van der Waals surface area contributed by atoms with Crippen LogP contribution in [0.1, 0.15) is 239 Å². The van der Waals surface area contributed by atoms with Crippen LogP contribution in [0.3, 0.4) is 0 Å². The largest absolute Gasteiger partial charge is 0.472 e. The number of rotatable bonds is 46. The van der Waals surface area contributed by atoms with E-state index in [1.165, 1.54) is 180 Å². The molecule has 59 heavy (non-hydrogen) atoms. The number of hydrogen-bond acceptors (Lipinski definition) is 5. The van der Waals surface area contributed by atoms with Crippen LogP contribution in [0.15, 0.2) is 24.3 Å². The number of hydrogen-bond donors (Lipinski definition) is 3. The van der Waals surface area contributed by atoms with Crippen LogP contribution < -0.4 is 5.32 Å². The van der Waals surface area contributed by atoms with Crippen molar-refractivity contribution in [2.24, 2.45) is 0 Å². The molecule has 0 aromatic heterocycles. The average molecular weight is 856 g/mol. The second kappa shape index (κ2) is 42.3. The number of allylic oxidation sites excluding steroid dienone is 3. The molecule has 0 aliphatic rings. The summed E-state index contributed by atoms with van der Waals surface area (Å²) in [6, 6.07) is -0.858. The lowest BCUT2D eigenvalue weighted by Crippen LogP contribution is -2.45.